The molecule has 114 valence electrons. The predicted octanol–water partition coefficient (Wildman–Crippen LogP) is 1.14. The smallest absolute Gasteiger partial charge is 0.420 e. The van der Waals surface area contributed by atoms with Crippen LogP contribution in [0.3, 0.4) is 0 Å². The minimum absolute atomic E-state index is 0.198. The van der Waals surface area contributed by atoms with Crippen LogP contribution in [0.1, 0.15) is 40.0 Å². The summed E-state index contributed by atoms with van der Waals surface area (Å²) in [6.07, 6.45) is -0.694. The van der Waals surface area contributed by atoms with Gasteiger partial charge in [0.25, 0.3) is 0 Å². The van der Waals surface area contributed by atoms with E-state index in [0.29, 0.717) is 11.3 Å². The second kappa shape index (κ2) is 8.89. The first kappa shape index (κ1) is 17.9. The zero-order valence-corrected chi connectivity index (χ0v) is 11.7. The summed E-state index contributed by atoms with van der Waals surface area (Å²) in [4.78, 5) is 44.9. The van der Waals surface area contributed by atoms with E-state index < -0.39 is 36.8 Å². The van der Waals surface area contributed by atoms with Crippen molar-refractivity contribution >= 4 is 23.9 Å². The third-order valence-corrected chi connectivity index (χ3v) is 2.19. The van der Waals surface area contributed by atoms with Gasteiger partial charge in [0.2, 0.25) is 12.2 Å². The normalized spacial score (nSPS) is 11.3. The molecule has 1 N–H and O–H groups in total. The Balaban J connectivity index is 4.37. The van der Waals surface area contributed by atoms with Crippen LogP contribution in [-0.4, -0.2) is 46.8 Å². The summed E-state index contributed by atoms with van der Waals surface area (Å²) < 4.78 is 9.48. The molecule has 8 nitrogen and oxygen atoms in total. The fourth-order valence-corrected chi connectivity index (χ4v) is 1.23. The van der Waals surface area contributed by atoms with Gasteiger partial charge in [0, 0.05) is 20.3 Å². The number of esters is 1. The molecule has 0 bridgehead atoms. The lowest BCUT2D eigenvalue weighted by atomic mass is 10.2. The fourth-order valence-electron chi connectivity index (χ4n) is 1.23. The van der Waals surface area contributed by atoms with E-state index in [0.717, 1.165) is 13.3 Å². The SMILES string of the molecule is CCCCC(=O)OC(C)OC(=O)N(CC(=O)O)C(C)=O. The Bertz CT molecular complexity index is 380. The van der Waals surface area contributed by atoms with Crippen LogP contribution in [0, 0.1) is 0 Å². The Morgan fingerprint density at radius 1 is 1.20 bits per heavy atom. The lowest BCUT2D eigenvalue weighted by Crippen LogP contribution is -2.41. The van der Waals surface area contributed by atoms with Crippen molar-refractivity contribution in [1.82, 2.24) is 4.90 Å². The largest absolute Gasteiger partial charge is 0.480 e. The van der Waals surface area contributed by atoms with Gasteiger partial charge in [-0.1, -0.05) is 13.3 Å². The van der Waals surface area contributed by atoms with Crippen molar-refractivity contribution in [2.45, 2.75) is 46.3 Å². The zero-order chi connectivity index (χ0) is 15.7. The first-order chi connectivity index (χ1) is 9.27. The predicted molar refractivity (Wildman–Crippen MR) is 66.6 cm³/mol. The van der Waals surface area contributed by atoms with Crippen LogP contribution in [0.15, 0.2) is 0 Å². The molecule has 0 saturated carbocycles. The maximum Gasteiger partial charge on any atom is 0.420 e. The molecule has 0 aliphatic carbocycles. The molecule has 8 heteroatoms. The first-order valence-electron chi connectivity index (χ1n) is 6.17. The monoisotopic (exact) mass is 289 g/mol. The van der Waals surface area contributed by atoms with E-state index in [9.17, 15) is 19.2 Å². The van der Waals surface area contributed by atoms with Crippen LogP contribution in [0.5, 0.6) is 0 Å². The standard InChI is InChI=1S/C12H19NO7/c1-4-5-6-11(17)19-9(3)20-12(18)13(8(2)14)7-10(15)16/h9H,4-7H2,1-3H3,(H,15,16). The quantitative estimate of drug-likeness (QED) is 0.552. The molecule has 1 atom stereocenters. The van der Waals surface area contributed by atoms with E-state index in [1.165, 1.54) is 6.92 Å². The Labute approximate surface area is 116 Å². The number of unbranched alkanes of at least 4 members (excludes halogenated alkanes) is 1. The van der Waals surface area contributed by atoms with E-state index in [4.69, 9.17) is 9.84 Å². The van der Waals surface area contributed by atoms with Gasteiger partial charge in [-0.2, -0.15) is 0 Å². The Morgan fingerprint density at radius 2 is 1.80 bits per heavy atom. The van der Waals surface area contributed by atoms with Crippen molar-refractivity contribution in [2.75, 3.05) is 6.54 Å². The number of carboxylic acids is 1. The van der Waals surface area contributed by atoms with E-state index in [1.54, 1.807) is 0 Å². The van der Waals surface area contributed by atoms with Gasteiger partial charge in [-0.15, -0.1) is 0 Å². The summed E-state index contributed by atoms with van der Waals surface area (Å²) in [5.41, 5.74) is 0. The van der Waals surface area contributed by atoms with Crippen molar-refractivity contribution in [3.63, 3.8) is 0 Å². The summed E-state index contributed by atoms with van der Waals surface area (Å²) in [6, 6.07) is 0. The molecule has 0 spiro atoms. The number of rotatable bonds is 7. The summed E-state index contributed by atoms with van der Waals surface area (Å²) in [5, 5.41) is 8.57. The number of carbonyl (C=O) groups is 4. The molecule has 0 aliphatic rings. The van der Waals surface area contributed by atoms with Gasteiger partial charge in [-0.25, -0.2) is 9.69 Å². The molecule has 0 aromatic heterocycles. The van der Waals surface area contributed by atoms with Crippen LogP contribution in [0.25, 0.3) is 0 Å². The molecule has 2 amide bonds. The molecule has 0 radical (unpaired) electrons. The van der Waals surface area contributed by atoms with Crippen molar-refractivity contribution in [3.05, 3.63) is 0 Å². The van der Waals surface area contributed by atoms with E-state index in [-0.39, 0.29) is 6.42 Å². The lowest BCUT2D eigenvalue weighted by Gasteiger charge is -2.20. The van der Waals surface area contributed by atoms with E-state index in [1.807, 2.05) is 6.92 Å². The van der Waals surface area contributed by atoms with Crippen molar-refractivity contribution in [2.24, 2.45) is 0 Å². The second-order valence-corrected chi connectivity index (χ2v) is 4.04. The number of ether oxygens (including phenoxy) is 2. The average Bonchev–Trinajstić information content (AvgIpc) is 2.32. The second-order valence-electron chi connectivity index (χ2n) is 4.04. The minimum Gasteiger partial charge on any atom is -0.480 e. The molecular formula is C12H19NO7. The highest BCUT2D eigenvalue weighted by Crippen LogP contribution is 2.04. The number of nitrogens with zero attached hydrogens (tertiary/aromatic N) is 1. The number of imide groups is 1. The Hall–Kier alpha value is -2.12. The molecule has 1 unspecified atom stereocenters. The maximum atomic E-state index is 11.6. The lowest BCUT2D eigenvalue weighted by molar-refractivity contribution is -0.167. The highest BCUT2D eigenvalue weighted by atomic mass is 16.7. The fraction of sp³-hybridized carbons (Fsp3) is 0.667. The van der Waals surface area contributed by atoms with Gasteiger partial charge in [0.15, 0.2) is 0 Å². The van der Waals surface area contributed by atoms with Gasteiger partial charge in [0.1, 0.15) is 6.54 Å². The number of carbonyl (C=O) groups excluding carboxylic acids is 3. The molecule has 0 aromatic rings. The molecule has 0 rings (SSSR count). The summed E-state index contributed by atoms with van der Waals surface area (Å²) in [7, 11) is 0. The molecule has 0 fully saturated rings. The highest BCUT2D eigenvalue weighted by molar-refractivity contribution is 5.93. The minimum atomic E-state index is -1.36. The average molecular weight is 289 g/mol. The van der Waals surface area contributed by atoms with Crippen molar-refractivity contribution in [1.29, 1.82) is 0 Å². The third kappa shape index (κ3) is 7.34. The summed E-state index contributed by atoms with van der Waals surface area (Å²) in [5.74, 6) is -2.66. The van der Waals surface area contributed by atoms with E-state index >= 15 is 0 Å². The Morgan fingerprint density at radius 3 is 2.25 bits per heavy atom. The van der Waals surface area contributed by atoms with Gasteiger partial charge in [0.05, 0.1) is 0 Å². The number of hydrogen-bond donors (Lipinski definition) is 1. The highest BCUT2D eigenvalue weighted by Gasteiger charge is 2.25. The van der Waals surface area contributed by atoms with Crippen LogP contribution in [0.4, 0.5) is 4.79 Å². The number of aliphatic carboxylic acids is 1. The van der Waals surface area contributed by atoms with Crippen LogP contribution in [0.2, 0.25) is 0 Å². The summed E-state index contributed by atoms with van der Waals surface area (Å²) in [6.45, 7) is 3.43. The number of hydrogen-bond acceptors (Lipinski definition) is 6. The van der Waals surface area contributed by atoms with Gasteiger partial charge in [-0.3, -0.25) is 14.4 Å². The van der Waals surface area contributed by atoms with Crippen LogP contribution in [-0.2, 0) is 23.9 Å². The maximum absolute atomic E-state index is 11.6. The third-order valence-electron chi connectivity index (χ3n) is 2.19. The van der Waals surface area contributed by atoms with Gasteiger partial charge in [-0.05, 0) is 6.42 Å². The van der Waals surface area contributed by atoms with Crippen molar-refractivity contribution < 1.29 is 33.8 Å². The Kier molecular flexibility index (Phi) is 7.95. The zero-order valence-electron chi connectivity index (χ0n) is 11.7. The van der Waals surface area contributed by atoms with Crippen molar-refractivity contribution in [3.8, 4) is 0 Å². The van der Waals surface area contributed by atoms with Gasteiger partial charge < -0.3 is 14.6 Å². The number of amides is 2. The number of carboxylic acid groups (broad SMARTS) is 1. The topological polar surface area (TPSA) is 110 Å². The van der Waals surface area contributed by atoms with Crippen LogP contribution < -0.4 is 0 Å². The molecule has 0 aromatic carbocycles. The van der Waals surface area contributed by atoms with Crippen LogP contribution >= 0.6 is 0 Å². The molecule has 0 heterocycles. The van der Waals surface area contributed by atoms with E-state index in [2.05, 4.69) is 4.74 Å². The summed E-state index contributed by atoms with van der Waals surface area (Å²) >= 11 is 0. The van der Waals surface area contributed by atoms with Gasteiger partial charge >= 0.3 is 18.0 Å². The molecular weight excluding hydrogens is 270 g/mol. The molecule has 0 saturated heterocycles. The molecule has 20 heavy (non-hydrogen) atoms. The first-order valence-corrected chi connectivity index (χ1v) is 6.17. The molecule has 0 aliphatic heterocycles.